The van der Waals surface area contributed by atoms with Gasteiger partial charge in [-0.1, -0.05) is 52.8 Å². The normalized spacial score (nSPS) is 27.0. The maximum absolute atomic E-state index is 13.1. The van der Waals surface area contributed by atoms with Crippen LogP contribution in [0.5, 0.6) is 0 Å². The minimum absolute atomic E-state index is 0.0710. The number of carbonyl (C=O) groups is 2. The molecule has 1 aromatic rings. The molecule has 0 bridgehead atoms. The van der Waals surface area contributed by atoms with E-state index in [-0.39, 0.29) is 22.4 Å². The van der Waals surface area contributed by atoms with Crippen LogP contribution < -0.4 is 0 Å². The van der Waals surface area contributed by atoms with Crippen molar-refractivity contribution in [3.05, 3.63) is 29.8 Å². The van der Waals surface area contributed by atoms with Crippen molar-refractivity contribution < 1.29 is 9.59 Å². The molecule has 2 aliphatic rings. The first-order valence-corrected chi connectivity index (χ1v) is 8.86. The summed E-state index contributed by atoms with van der Waals surface area (Å²) in [5, 5.41) is 0. The Morgan fingerprint density at radius 1 is 1.17 bits per heavy atom. The van der Waals surface area contributed by atoms with Gasteiger partial charge in [-0.25, -0.2) is 0 Å². The third kappa shape index (κ3) is 2.13. The topological polar surface area (TPSA) is 46.5 Å². The summed E-state index contributed by atoms with van der Waals surface area (Å²) < 4.78 is 0. The van der Waals surface area contributed by atoms with E-state index in [1.807, 2.05) is 25.1 Å². The van der Waals surface area contributed by atoms with Crippen molar-refractivity contribution in [3.8, 4) is 0 Å². The van der Waals surface area contributed by atoms with Crippen LogP contribution in [0.15, 0.2) is 29.3 Å². The number of benzene rings is 1. The monoisotopic (exact) mass is 325 g/mol. The van der Waals surface area contributed by atoms with Gasteiger partial charge in [-0.05, 0) is 22.5 Å². The Hall–Kier alpha value is -1.77. The molecule has 1 unspecified atom stereocenters. The zero-order chi connectivity index (χ0) is 17.8. The number of nitrogens with zero attached hydrogens (tertiary/aromatic N) is 1. The van der Waals surface area contributed by atoms with E-state index in [0.717, 1.165) is 17.8 Å². The molecule has 0 amide bonds. The molecule has 0 spiro atoms. The summed E-state index contributed by atoms with van der Waals surface area (Å²) in [6.45, 7) is 10.3. The molecule has 3 heteroatoms. The lowest BCUT2D eigenvalue weighted by molar-refractivity contribution is -0.144. The van der Waals surface area contributed by atoms with Crippen molar-refractivity contribution in [2.75, 3.05) is 0 Å². The third-order valence-electron chi connectivity index (χ3n) is 6.77. The van der Waals surface area contributed by atoms with E-state index in [1.165, 1.54) is 5.56 Å². The number of rotatable bonds is 4. The Morgan fingerprint density at radius 3 is 2.38 bits per heavy atom. The molecule has 1 atom stereocenters. The Kier molecular flexibility index (Phi) is 3.82. The van der Waals surface area contributed by atoms with Crippen molar-refractivity contribution in [2.45, 2.75) is 60.3 Å². The molecule has 0 radical (unpaired) electrons. The number of para-hydroxylation sites is 1. The fourth-order valence-corrected chi connectivity index (χ4v) is 4.53. The summed E-state index contributed by atoms with van der Waals surface area (Å²) >= 11 is 0. The summed E-state index contributed by atoms with van der Waals surface area (Å²) in [5.41, 5.74) is 1.62. The lowest BCUT2D eigenvalue weighted by atomic mass is 9.55. The average Bonchev–Trinajstić information content (AvgIpc) is 2.97. The number of fused-ring (bicyclic) bond motifs is 1. The van der Waals surface area contributed by atoms with E-state index in [0.29, 0.717) is 19.3 Å². The minimum Gasteiger partial charge on any atom is -0.299 e. The molecule has 1 aliphatic heterocycles. The molecule has 0 aromatic heterocycles. The molecule has 0 N–H and O–H groups in total. The van der Waals surface area contributed by atoms with Crippen LogP contribution in [0.1, 0.15) is 59.4 Å². The molecule has 1 aliphatic carbocycles. The summed E-state index contributed by atoms with van der Waals surface area (Å²) in [5.74, 6) is 0.171. The number of ketones is 2. The van der Waals surface area contributed by atoms with E-state index in [2.05, 4.69) is 33.8 Å². The first-order valence-electron chi connectivity index (χ1n) is 8.86. The standard InChI is InChI=1S/C21H27NO2/c1-6-17(23)21(18(24)13-19(2,3)20(21,4)5)12-15-11-14-9-7-8-10-16(14)22-15/h7-10H,6,11-13H2,1-5H3. The molecule has 1 fully saturated rings. The first kappa shape index (κ1) is 17.1. The van der Waals surface area contributed by atoms with E-state index in [9.17, 15) is 9.59 Å². The number of Topliss-reactive ketones (excluding diaryl/α,β-unsaturated/α-hetero) is 2. The van der Waals surface area contributed by atoms with Crippen LogP contribution in [0.2, 0.25) is 0 Å². The van der Waals surface area contributed by atoms with E-state index < -0.39 is 5.41 Å². The van der Waals surface area contributed by atoms with Crippen molar-refractivity contribution >= 4 is 23.0 Å². The molecule has 128 valence electrons. The van der Waals surface area contributed by atoms with E-state index in [4.69, 9.17) is 4.99 Å². The fraction of sp³-hybridized carbons (Fsp3) is 0.571. The molecule has 1 heterocycles. The van der Waals surface area contributed by atoms with Crippen molar-refractivity contribution in [2.24, 2.45) is 21.2 Å². The number of aliphatic imine (C=N–C) groups is 1. The predicted molar refractivity (Wildman–Crippen MR) is 96.8 cm³/mol. The highest BCUT2D eigenvalue weighted by Crippen LogP contribution is 2.63. The summed E-state index contributed by atoms with van der Waals surface area (Å²) in [7, 11) is 0. The number of hydrogen-bond acceptors (Lipinski definition) is 3. The minimum atomic E-state index is -0.938. The van der Waals surface area contributed by atoms with Gasteiger partial charge in [-0.3, -0.25) is 14.6 Å². The third-order valence-corrected chi connectivity index (χ3v) is 6.77. The molecule has 0 saturated heterocycles. The van der Waals surface area contributed by atoms with Crippen molar-refractivity contribution in [3.63, 3.8) is 0 Å². The fourth-order valence-electron chi connectivity index (χ4n) is 4.53. The molecular formula is C21H27NO2. The predicted octanol–water partition coefficient (Wildman–Crippen LogP) is 4.70. The molecule has 3 rings (SSSR count). The molecule has 1 aromatic carbocycles. The quantitative estimate of drug-likeness (QED) is 0.754. The van der Waals surface area contributed by atoms with Gasteiger partial charge in [0.15, 0.2) is 0 Å². The summed E-state index contributed by atoms with van der Waals surface area (Å²) in [4.78, 5) is 30.9. The number of hydrogen-bond donors (Lipinski definition) is 0. The molecule has 1 saturated carbocycles. The lowest BCUT2D eigenvalue weighted by Gasteiger charge is -2.45. The summed E-state index contributed by atoms with van der Waals surface area (Å²) in [6, 6.07) is 8.07. The highest BCUT2D eigenvalue weighted by Gasteiger charge is 2.66. The average molecular weight is 325 g/mol. The molecular weight excluding hydrogens is 298 g/mol. The van der Waals surface area contributed by atoms with E-state index in [1.54, 1.807) is 0 Å². The van der Waals surface area contributed by atoms with Gasteiger partial charge < -0.3 is 0 Å². The summed E-state index contributed by atoms with van der Waals surface area (Å²) in [6.07, 6.45) is 2.07. The van der Waals surface area contributed by atoms with Crippen LogP contribution in [0.4, 0.5) is 5.69 Å². The van der Waals surface area contributed by atoms with E-state index >= 15 is 0 Å². The smallest absolute Gasteiger partial charge is 0.147 e. The van der Waals surface area contributed by atoms with Crippen LogP contribution in [0.25, 0.3) is 0 Å². The second kappa shape index (κ2) is 5.37. The number of carbonyl (C=O) groups excluding carboxylic acids is 2. The van der Waals surface area contributed by atoms with Crippen LogP contribution in [0, 0.1) is 16.2 Å². The largest absolute Gasteiger partial charge is 0.299 e. The van der Waals surface area contributed by atoms with Gasteiger partial charge in [0.05, 0.1) is 11.1 Å². The highest BCUT2D eigenvalue weighted by molar-refractivity contribution is 6.13. The zero-order valence-electron chi connectivity index (χ0n) is 15.4. The zero-order valence-corrected chi connectivity index (χ0v) is 15.4. The van der Waals surface area contributed by atoms with Gasteiger partial charge >= 0.3 is 0 Å². The van der Waals surface area contributed by atoms with Gasteiger partial charge in [0.1, 0.15) is 11.6 Å². The SMILES string of the molecule is CCC(=O)C1(CC2=Nc3ccccc3C2)C(=O)CC(C)(C)C1(C)C. The Bertz CT molecular complexity index is 742. The van der Waals surface area contributed by atoms with Crippen molar-refractivity contribution in [1.29, 1.82) is 0 Å². The Labute approximate surface area is 144 Å². The molecule has 3 nitrogen and oxygen atoms in total. The van der Waals surface area contributed by atoms with Crippen LogP contribution >= 0.6 is 0 Å². The Morgan fingerprint density at radius 2 is 1.83 bits per heavy atom. The van der Waals surface area contributed by atoms with Gasteiger partial charge in [-0.15, -0.1) is 0 Å². The second-order valence-corrected chi connectivity index (χ2v) is 8.45. The van der Waals surface area contributed by atoms with Crippen LogP contribution in [-0.4, -0.2) is 17.3 Å². The van der Waals surface area contributed by atoms with Crippen LogP contribution in [0.3, 0.4) is 0 Å². The van der Waals surface area contributed by atoms with Gasteiger partial charge in [0, 0.05) is 31.4 Å². The highest BCUT2D eigenvalue weighted by atomic mass is 16.2. The van der Waals surface area contributed by atoms with Gasteiger partial charge in [-0.2, -0.15) is 0 Å². The lowest BCUT2D eigenvalue weighted by Crippen LogP contribution is -2.50. The van der Waals surface area contributed by atoms with Gasteiger partial charge in [0.25, 0.3) is 0 Å². The maximum atomic E-state index is 13.1. The Balaban J connectivity index is 2.04. The second-order valence-electron chi connectivity index (χ2n) is 8.45. The van der Waals surface area contributed by atoms with Gasteiger partial charge in [0.2, 0.25) is 0 Å². The molecule has 24 heavy (non-hydrogen) atoms. The maximum Gasteiger partial charge on any atom is 0.147 e. The van der Waals surface area contributed by atoms with Crippen molar-refractivity contribution in [1.82, 2.24) is 0 Å². The first-order chi connectivity index (χ1) is 11.2. The van der Waals surface area contributed by atoms with Crippen LogP contribution in [-0.2, 0) is 16.0 Å².